The van der Waals surface area contributed by atoms with Gasteiger partial charge in [0, 0.05) is 36.3 Å². The molecule has 0 aliphatic rings. The minimum Gasteiger partial charge on any atom is -0.326 e. The van der Waals surface area contributed by atoms with Gasteiger partial charge in [0.2, 0.25) is 11.8 Å². The second kappa shape index (κ2) is 9.05. The molecule has 0 spiro atoms. The number of carbonyl (C=O) groups is 2. The third kappa shape index (κ3) is 5.33. The minimum absolute atomic E-state index is 0.0714. The first-order valence-electron chi connectivity index (χ1n) is 9.14. The van der Waals surface area contributed by atoms with Gasteiger partial charge in [0.05, 0.1) is 0 Å². The van der Waals surface area contributed by atoms with Gasteiger partial charge < -0.3 is 10.2 Å². The SMILES string of the molecule is CC(=O)N(CCC(=O)Nc1cc(Cl)ccc1C)c1c(C)cccc1C(C)C. The fraction of sp³-hybridized carbons (Fsp3) is 0.364. The Bertz CT molecular complexity index is 846. The standard InChI is InChI=1S/C22H27ClN2O2/c1-14(2)19-8-6-7-16(4)22(19)25(17(5)26)12-11-21(27)24-20-13-18(23)10-9-15(20)3/h6-10,13-14H,11-12H2,1-5H3,(H,24,27). The van der Waals surface area contributed by atoms with Crippen molar-refractivity contribution in [2.24, 2.45) is 0 Å². The van der Waals surface area contributed by atoms with Crippen molar-refractivity contribution in [1.29, 1.82) is 0 Å². The van der Waals surface area contributed by atoms with Crippen LogP contribution in [-0.2, 0) is 9.59 Å². The van der Waals surface area contributed by atoms with E-state index in [9.17, 15) is 9.59 Å². The monoisotopic (exact) mass is 386 g/mol. The Hall–Kier alpha value is -2.33. The van der Waals surface area contributed by atoms with Gasteiger partial charge in [-0.1, -0.05) is 49.7 Å². The van der Waals surface area contributed by atoms with Crippen molar-refractivity contribution in [3.05, 3.63) is 58.1 Å². The Morgan fingerprint density at radius 1 is 1.11 bits per heavy atom. The number of nitrogens with zero attached hydrogens (tertiary/aromatic N) is 1. The van der Waals surface area contributed by atoms with Crippen molar-refractivity contribution in [2.75, 3.05) is 16.8 Å². The zero-order valence-electron chi connectivity index (χ0n) is 16.6. The van der Waals surface area contributed by atoms with Gasteiger partial charge in [-0.2, -0.15) is 0 Å². The number of hydrogen-bond acceptors (Lipinski definition) is 2. The van der Waals surface area contributed by atoms with E-state index in [-0.39, 0.29) is 24.2 Å². The maximum atomic E-state index is 12.4. The quantitative estimate of drug-likeness (QED) is 0.716. The van der Waals surface area contributed by atoms with Gasteiger partial charge in [-0.05, 0) is 48.6 Å². The molecule has 0 fully saturated rings. The highest BCUT2D eigenvalue weighted by molar-refractivity contribution is 6.31. The number of carbonyl (C=O) groups excluding carboxylic acids is 2. The first-order chi connectivity index (χ1) is 12.7. The Kier molecular flexibility index (Phi) is 7.03. The summed E-state index contributed by atoms with van der Waals surface area (Å²) >= 11 is 6.01. The van der Waals surface area contributed by atoms with Crippen molar-refractivity contribution in [3.63, 3.8) is 0 Å². The van der Waals surface area contributed by atoms with Crippen LogP contribution in [-0.4, -0.2) is 18.4 Å². The molecular weight excluding hydrogens is 360 g/mol. The summed E-state index contributed by atoms with van der Waals surface area (Å²) in [7, 11) is 0. The lowest BCUT2D eigenvalue weighted by atomic mass is 9.97. The highest BCUT2D eigenvalue weighted by atomic mass is 35.5. The Morgan fingerprint density at radius 2 is 1.81 bits per heavy atom. The van der Waals surface area contributed by atoms with E-state index in [0.717, 1.165) is 22.4 Å². The molecule has 2 aromatic rings. The molecule has 5 heteroatoms. The Morgan fingerprint density at radius 3 is 2.44 bits per heavy atom. The summed E-state index contributed by atoms with van der Waals surface area (Å²) in [6.07, 6.45) is 0.206. The largest absolute Gasteiger partial charge is 0.326 e. The molecule has 0 radical (unpaired) electrons. The van der Waals surface area contributed by atoms with Gasteiger partial charge >= 0.3 is 0 Å². The molecule has 2 amide bonds. The summed E-state index contributed by atoms with van der Waals surface area (Å²) in [6.45, 7) is 9.97. The van der Waals surface area contributed by atoms with E-state index in [4.69, 9.17) is 11.6 Å². The maximum absolute atomic E-state index is 12.4. The number of anilines is 2. The molecule has 0 bridgehead atoms. The molecule has 0 unspecified atom stereocenters. The van der Waals surface area contributed by atoms with E-state index < -0.39 is 0 Å². The molecule has 27 heavy (non-hydrogen) atoms. The van der Waals surface area contributed by atoms with Gasteiger partial charge in [0.1, 0.15) is 0 Å². The second-order valence-electron chi connectivity index (χ2n) is 7.10. The van der Waals surface area contributed by atoms with Crippen molar-refractivity contribution in [3.8, 4) is 0 Å². The topological polar surface area (TPSA) is 49.4 Å². The molecule has 0 aliphatic carbocycles. The highest BCUT2D eigenvalue weighted by Gasteiger charge is 2.20. The van der Waals surface area contributed by atoms with Crippen LogP contribution in [0.15, 0.2) is 36.4 Å². The van der Waals surface area contributed by atoms with E-state index in [1.165, 1.54) is 6.92 Å². The van der Waals surface area contributed by atoms with E-state index in [1.807, 2.05) is 38.1 Å². The number of halogens is 1. The van der Waals surface area contributed by atoms with Crippen LogP contribution >= 0.6 is 11.6 Å². The molecule has 0 aliphatic heterocycles. The lowest BCUT2D eigenvalue weighted by molar-refractivity contribution is -0.117. The summed E-state index contributed by atoms with van der Waals surface area (Å²) < 4.78 is 0. The first-order valence-corrected chi connectivity index (χ1v) is 9.52. The number of hydrogen-bond donors (Lipinski definition) is 1. The number of rotatable bonds is 6. The predicted molar refractivity (Wildman–Crippen MR) is 113 cm³/mol. The van der Waals surface area contributed by atoms with Gasteiger partial charge in [-0.15, -0.1) is 0 Å². The van der Waals surface area contributed by atoms with Crippen LogP contribution in [0.3, 0.4) is 0 Å². The smallest absolute Gasteiger partial charge is 0.226 e. The molecular formula is C22H27ClN2O2. The first kappa shape index (κ1) is 21.0. The molecule has 0 heterocycles. The van der Waals surface area contributed by atoms with Gasteiger partial charge in [0.25, 0.3) is 0 Å². The highest BCUT2D eigenvalue weighted by Crippen LogP contribution is 2.31. The fourth-order valence-corrected chi connectivity index (χ4v) is 3.27. The summed E-state index contributed by atoms with van der Waals surface area (Å²) in [5.41, 5.74) is 4.68. The summed E-state index contributed by atoms with van der Waals surface area (Å²) in [5.74, 6) is 0.0638. The zero-order chi connectivity index (χ0) is 20.1. The normalized spacial score (nSPS) is 10.8. The van der Waals surface area contributed by atoms with E-state index in [0.29, 0.717) is 17.3 Å². The second-order valence-corrected chi connectivity index (χ2v) is 7.53. The maximum Gasteiger partial charge on any atom is 0.226 e. The Labute approximate surface area is 166 Å². The van der Waals surface area contributed by atoms with Crippen molar-refractivity contribution in [1.82, 2.24) is 0 Å². The molecule has 0 saturated heterocycles. The van der Waals surface area contributed by atoms with Gasteiger partial charge in [-0.25, -0.2) is 0 Å². The van der Waals surface area contributed by atoms with Gasteiger partial charge in [0.15, 0.2) is 0 Å². The minimum atomic E-state index is -0.147. The van der Waals surface area contributed by atoms with E-state index >= 15 is 0 Å². The number of benzene rings is 2. The molecule has 0 aromatic heterocycles. The lowest BCUT2D eigenvalue weighted by Gasteiger charge is -2.27. The number of amides is 2. The third-order valence-electron chi connectivity index (χ3n) is 4.58. The van der Waals surface area contributed by atoms with Crippen LogP contribution in [0.2, 0.25) is 5.02 Å². The zero-order valence-corrected chi connectivity index (χ0v) is 17.4. The van der Waals surface area contributed by atoms with Crippen molar-refractivity contribution in [2.45, 2.75) is 47.0 Å². The molecule has 0 atom stereocenters. The number of para-hydroxylation sites is 1. The average molecular weight is 387 g/mol. The van der Waals surface area contributed by atoms with Crippen LogP contribution in [0.5, 0.6) is 0 Å². The van der Waals surface area contributed by atoms with Crippen LogP contribution in [0, 0.1) is 13.8 Å². The van der Waals surface area contributed by atoms with Crippen LogP contribution in [0.4, 0.5) is 11.4 Å². The number of aryl methyl sites for hydroxylation is 2. The van der Waals surface area contributed by atoms with Crippen LogP contribution < -0.4 is 10.2 Å². The predicted octanol–water partition coefficient (Wildman–Crippen LogP) is 5.46. The van der Waals surface area contributed by atoms with Gasteiger partial charge in [-0.3, -0.25) is 9.59 Å². The van der Waals surface area contributed by atoms with Crippen LogP contribution in [0.25, 0.3) is 0 Å². The fourth-order valence-electron chi connectivity index (χ4n) is 3.10. The Balaban J connectivity index is 2.17. The molecule has 144 valence electrons. The molecule has 2 aromatic carbocycles. The third-order valence-corrected chi connectivity index (χ3v) is 4.81. The van der Waals surface area contributed by atoms with E-state index in [2.05, 4.69) is 19.2 Å². The molecule has 2 rings (SSSR count). The summed E-state index contributed by atoms with van der Waals surface area (Å²) in [4.78, 5) is 26.5. The van der Waals surface area contributed by atoms with E-state index in [1.54, 1.807) is 17.0 Å². The lowest BCUT2D eigenvalue weighted by Crippen LogP contribution is -2.33. The molecule has 0 saturated carbocycles. The average Bonchev–Trinajstić information content (AvgIpc) is 2.59. The molecule has 1 N–H and O–H groups in total. The van der Waals surface area contributed by atoms with Crippen molar-refractivity contribution < 1.29 is 9.59 Å². The summed E-state index contributed by atoms with van der Waals surface area (Å²) in [6, 6.07) is 11.4. The van der Waals surface area contributed by atoms with Crippen LogP contribution in [0.1, 0.15) is 49.8 Å². The summed E-state index contributed by atoms with van der Waals surface area (Å²) in [5, 5.41) is 3.46. The van der Waals surface area contributed by atoms with Crippen molar-refractivity contribution >= 4 is 34.8 Å². The molecule has 4 nitrogen and oxygen atoms in total. The number of nitrogens with one attached hydrogen (secondary N) is 1.